The number of hydrogen-bond donors (Lipinski definition) is 4. The molecule has 1 atom stereocenters. The topological polar surface area (TPSA) is 151 Å². The van der Waals surface area contributed by atoms with E-state index in [9.17, 15) is 14.4 Å². The summed E-state index contributed by atoms with van der Waals surface area (Å²) in [5.41, 5.74) is 9.45. The van der Waals surface area contributed by atoms with E-state index in [1.807, 2.05) is 24.3 Å². The minimum absolute atomic E-state index is 0.118. The van der Waals surface area contributed by atoms with Crippen LogP contribution in [0.3, 0.4) is 0 Å². The Kier molecular flexibility index (Phi) is 12.4. The molecule has 208 valence electrons. The third kappa shape index (κ3) is 10.4. The van der Waals surface area contributed by atoms with Crippen molar-refractivity contribution >= 4 is 50.4 Å². The van der Waals surface area contributed by atoms with E-state index in [2.05, 4.69) is 35.2 Å². The van der Waals surface area contributed by atoms with Gasteiger partial charge in [0.2, 0.25) is 0 Å². The van der Waals surface area contributed by atoms with E-state index < -0.39 is 24.1 Å². The molecule has 0 bridgehead atoms. The molecule has 0 saturated carbocycles. The third-order valence-electron chi connectivity index (χ3n) is 5.61. The van der Waals surface area contributed by atoms with E-state index in [-0.39, 0.29) is 19.0 Å². The van der Waals surface area contributed by atoms with Crippen molar-refractivity contribution in [3.05, 3.63) is 83.4 Å². The van der Waals surface area contributed by atoms with Crippen molar-refractivity contribution < 1.29 is 34.2 Å². The summed E-state index contributed by atoms with van der Waals surface area (Å²) in [5.74, 6) is -0.898. The van der Waals surface area contributed by atoms with Gasteiger partial charge in [-0.2, -0.15) is 0 Å². The number of amides is 1. The predicted molar refractivity (Wildman–Crippen MR) is 152 cm³/mol. The Hall–Kier alpha value is -3.29. The van der Waals surface area contributed by atoms with E-state index in [1.165, 1.54) is 21.6 Å². The molecule has 0 heterocycles. The zero-order valence-electron chi connectivity index (χ0n) is 21.2. The summed E-state index contributed by atoms with van der Waals surface area (Å²) in [6, 6.07) is 20.3. The minimum atomic E-state index is -1.05. The molecule has 5 N–H and O–H groups in total. The van der Waals surface area contributed by atoms with Crippen LogP contribution in [0.5, 0.6) is 0 Å². The molecule has 0 aliphatic heterocycles. The molecule has 39 heavy (non-hydrogen) atoms. The minimum Gasteiger partial charge on any atom is -0.480 e. The van der Waals surface area contributed by atoms with Gasteiger partial charge >= 0.3 is 12.1 Å². The van der Waals surface area contributed by atoms with Crippen molar-refractivity contribution in [2.24, 2.45) is 5.73 Å². The van der Waals surface area contributed by atoms with Crippen molar-refractivity contribution in [1.82, 2.24) is 10.4 Å². The summed E-state index contributed by atoms with van der Waals surface area (Å²) in [5, 5.41) is 19.9. The quantitative estimate of drug-likeness (QED) is 0.0689. The van der Waals surface area contributed by atoms with E-state index in [1.54, 1.807) is 17.6 Å². The van der Waals surface area contributed by atoms with Crippen LogP contribution in [0.2, 0.25) is 0 Å². The number of aliphatic carboxylic acids is 1. The number of fused-ring (bicyclic) bond motifs is 1. The molecular weight excluding hydrogens is 542 g/mol. The lowest BCUT2D eigenvalue weighted by Gasteiger charge is -2.23. The Bertz CT molecular complexity index is 1240. The Morgan fingerprint density at radius 3 is 2.28 bits per heavy atom. The van der Waals surface area contributed by atoms with Crippen LogP contribution in [0.4, 0.5) is 4.79 Å². The molecule has 0 aromatic heterocycles. The van der Waals surface area contributed by atoms with Crippen molar-refractivity contribution in [3.63, 3.8) is 0 Å². The lowest BCUT2D eigenvalue weighted by Crippen LogP contribution is -2.32. The van der Waals surface area contributed by atoms with Crippen molar-refractivity contribution in [2.75, 3.05) is 31.3 Å². The van der Waals surface area contributed by atoms with Crippen LogP contribution < -0.4 is 11.2 Å². The molecule has 0 spiro atoms. The van der Waals surface area contributed by atoms with Gasteiger partial charge in [-0.3, -0.25) is 19.7 Å². The van der Waals surface area contributed by atoms with Crippen molar-refractivity contribution in [2.45, 2.75) is 19.1 Å². The summed E-state index contributed by atoms with van der Waals surface area (Å²) in [7, 11) is 2.68. The highest BCUT2D eigenvalue weighted by atomic mass is 33.1. The number of hydroxylamine groups is 1. The van der Waals surface area contributed by atoms with Gasteiger partial charge in [-0.05, 0) is 40.1 Å². The predicted octanol–water partition coefficient (Wildman–Crippen LogP) is 3.91. The largest absolute Gasteiger partial charge is 0.508 e. The summed E-state index contributed by atoms with van der Waals surface area (Å²) in [6.07, 6.45) is -0.770. The van der Waals surface area contributed by atoms with E-state index >= 15 is 0 Å². The first-order valence-corrected chi connectivity index (χ1v) is 14.6. The number of nitrogens with zero attached hydrogens (tertiary/aromatic N) is 1. The molecule has 0 saturated heterocycles. The first-order valence-electron chi connectivity index (χ1n) is 12.1. The van der Waals surface area contributed by atoms with Crippen LogP contribution in [0.25, 0.3) is 10.8 Å². The summed E-state index contributed by atoms with van der Waals surface area (Å²) >= 11 is 0. The molecule has 3 aromatic carbocycles. The van der Waals surface area contributed by atoms with Gasteiger partial charge in [0, 0.05) is 36.7 Å². The van der Waals surface area contributed by atoms with Crippen LogP contribution in [0.1, 0.15) is 21.5 Å². The van der Waals surface area contributed by atoms with Crippen molar-refractivity contribution in [1.29, 1.82) is 0 Å². The molecule has 3 aromatic rings. The zero-order chi connectivity index (χ0) is 28.0. The number of ether oxygens (including phenoxy) is 2. The van der Waals surface area contributed by atoms with E-state index in [0.717, 1.165) is 21.9 Å². The molecular formula is C27H31N3O7S2. The second kappa shape index (κ2) is 16.0. The van der Waals surface area contributed by atoms with Crippen LogP contribution in [-0.2, 0) is 27.4 Å². The smallest absolute Gasteiger partial charge is 0.480 e. The zero-order valence-corrected chi connectivity index (χ0v) is 22.8. The Morgan fingerprint density at radius 1 is 0.897 bits per heavy atom. The summed E-state index contributed by atoms with van der Waals surface area (Å²) in [6.45, 7) is 1.84. The first kappa shape index (κ1) is 30.3. The Balaban J connectivity index is 1.51. The standard InChI is InChI=1S/C27H31N3O7S2/c28-24(26(32)33)18-39-38-14-13-37-27(34)36-12-11-30(16-19-5-9-22(10-6-19)25(31)29-35)17-20-7-8-21-3-1-2-4-23(21)15-20/h1-10,15,24,35H,11-14,16-18,28H2,(H,29,31)(H,32,33)/t24-/m0/s1. The summed E-state index contributed by atoms with van der Waals surface area (Å²) in [4.78, 5) is 36.5. The van der Waals surface area contributed by atoms with Gasteiger partial charge in [0.25, 0.3) is 5.91 Å². The number of nitrogens with one attached hydrogen (secondary N) is 1. The van der Waals surface area contributed by atoms with Crippen LogP contribution in [-0.4, -0.2) is 70.6 Å². The van der Waals surface area contributed by atoms with Crippen LogP contribution in [0, 0.1) is 0 Å². The fourth-order valence-corrected chi connectivity index (χ4v) is 5.54. The Labute approximate surface area is 234 Å². The number of carbonyl (C=O) groups excluding carboxylic acids is 2. The number of carboxylic acids is 1. The van der Waals surface area contributed by atoms with Gasteiger partial charge in [-0.15, -0.1) is 0 Å². The van der Waals surface area contributed by atoms with Gasteiger partial charge in [0.1, 0.15) is 19.3 Å². The molecule has 0 fully saturated rings. The van der Waals surface area contributed by atoms with E-state index in [4.69, 9.17) is 25.5 Å². The van der Waals surface area contributed by atoms with E-state index in [0.29, 0.717) is 31.0 Å². The monoisotopic (exact) mass is 573 g/mol. The van der Waals surface area contributed by atoms with Crippen molar-refractivity contribution in [3.8, 4) is 0 Å². The lowest BCUT2D eigenvalue weighted by atomic mass is 10.1. The van der Waals surface area contributed by atoms with Gasteiger partial charge in [-0.1, -0.05) is 70.1 Å². The van der Waals surface area contributed by atoms with Gasteiger partial charge in [0.15, 0.2) is 0 Å². The highest BCUT2D eigenvalue weighted by Crippen LogP contribution is 2.21. The second-order valence-electron chi connectivity index (χ2n) is 8.53. The fourth-order valence-electron chi connectivity index (χ4n) is 3.60. The molecule has 12 heteroatoms. The molecule has 10 nitrogen and oxygen atoms in total. The molecule has 0 unspecified atom stereocenters. The normalized spacial score (nSPS) is 11.8. The maximum absolute atomic E-state index is 12.0. The Morgan fingerprint density at radius 2 is 1.56 bits per heavy atom. The molecule has 1 amide bonds. The molecule has 0 aliphatic carbocycles. The maximum Gasteiger partial charge on any atom is 0.508 e. The molecule has 0 radical (unpaired) electrons. The fraction of sp³-hybridized carbons (Fsp3) is 0.296. The lowest BCUT2D eigenvalue weighted by molar-refractivity contribution is -0.137. The number of carboxylic acid groups (broad SMARTS) is 1. The average molecular weight is 574 g/mol. The van der Waals surface area contributed by atoms with Gasteiger partial charge in [-0.25, -0.2) is 10.3 Å². The SMILES string of the molecule is N[C@@H](CSSCCOC(=O)OCCN(Cc1ccc(C(=O)NO)cc1)Cc1ccc2ccccc2c1)C(=O)O. The number of hydrogen-bond acceptors (Lipinski definition) is 10. The summed E-state index contributed by atoms with van der Waals surface area (Å²) < 4.78 is 10.4. The third-order valence-corrected chi connectivity index (χ3v) is 8.01. The number of benzene rings is 3. The van der Waals surface area contributed by atoms with Crippen LogP contribution >= 0.6 is 21.6 Å². The second-order valence-corrected chi connectivity index (χ2v) is 11.2. The first-order chi connectivity index (χ1) is 18.9. The number of nitrogens with two attached hydrogens (primary N) is 1. The number of carbonyl (C=O) groups is 3. The molecule has 0 aliphatic rings. The highest BCUT2D eigenvalue weighted by molar-refractivity contribution is 8.76. The molecule has 3 rings (SSSR count). The van der Waals surface area contributed by atoms with Gasteiger partial charge < -0.3 is 20.3 Å². The van der Waals surface area contributed by atoms with Crippen LogP contribution in [0.15, 0.2) is 66.7 Å². The highest BCUT2D eigenvalue weighted by Gasteiger charge is 2.13. The maximum atomic E-state index is 12.0. The average Bonchev–Trinajstić information content (AvgIpc) is 2.94. The number of rotatable bonds is 15. The van der Waals surface area contributed by atoms with Gasteiger partial charge in [0.05, 0.1) is 0 Å².